The van der Waals surface area contributed by atoms with Crippen molar-refractivity contribution in [2.45, 2.75) is 6.61 Å². The van der Waals surface area contributed by atoms with Crippen molar-refractivity contribution in [2.75, 3.05) is 12.5 Å². The summed E-state index contributed by atoms with van der Waals surface area (Å²) >= 11 is 0. The third-order valence-electron chi connectivity index (χ3n) is 3.93. The Hall–Kier alpha value is -3.55. The van der Waals surface area contributed by atoms with Crippen LogP contribution >= 0.6 is 0 Å². The zero-order valence-corrected chi connectivity index (χ0v) is 15.3. The number of benzene rings is 3. The summed E-state index contributed by atoms with van der Waals surface area (Å²) < 4.78 is 64.7. The molecule has 0 saturated carbocycles. The summed E-state index contributed by atoms with van der Waals surface area (Å²) in [6.45, 7) is 0.301. The van der Waals surface area contributed by atoms with Gasteiger partial charge in [0.25, 0.3) is 0 Å². The lowest BCUT2D eigenvalue weighted by Crippen LogP contribution is -2.03. The summed E-state index contributed by atoms with van der Waals surface area (Å²) in [6.07, 6.45) is 1.22. The highest BCUT2D eigenvalue weighted by Crippen LogP contribution is 2.29. The highest BCUT2D eigenvalue weighted by molar-refractivity contribution is 5.81. The van der Waals surface area contributed by atoms with Gasteiger partial charge in [0.15, 0.2) is 34.8 Å². The molecule has 150 valence electrons. The molecule has 0 heterocycles. The fraction of sp³-hybridized carbons (Fsp3) is 0.0952. The molecule has 0 unspecified atom stereocenters. The van der Waals surface area contributed by atoms with Gasteiger partial charge in [-0.15, -0.1) is 0 Å². The molecule has 4 nitrogen and oxygen atoms in total. The Balaban J connectivity index is 1.76. The molecule has 3 rings (SSSR count). The zero-order chi connectivity index (χ0) is 20.8. The van der Waals surface area contributed by atoms with Crippen LogP contribution in [-0.2, 0) is 6.61 Å². The molecule has 0 aliphatic carbocycles. The quantitative estimate of drug-likeness (QED) is 0.252. The molecular weight excluding hydrogens is 388 g/mol. The molecule has 8 heteroatoms. The van der Waals surface area contributed by atoms with E-state index >= 15 is 0 Å². The van der Waals surface area contributed by atoms with Crippen LogP contribution in [0.5, 0.6) is 11.5 Å². The average Bonchev–Trinajstić information content (AvgIpc) is 2.74. The van der Waals surface area contributed by atoms with Crippen molar-refractivity contribution in [1.29, 1.82) is 0 Å². The van der Waals surface area contributed by atoms with E-state index in [-0.39, 0.29) is 6.07 Å². The van der Waals surface area contributed by atoms with Gasteiger partial charge in [-0.3, -0.25) is 5.43 Å². The van der Waals surface area contributed by atoms with Crippen molar-refractivity contribution >= 4 is 11.9 Å². The van der Waals surface area contributed by atoms with Crippen LogP contribution < -0.4 is 14.9 Å². The van der Waals surface area contributed by atoms with E-state index in [1.165, 1.54) is 13.3 Å². The second-order valence-electron chi connectivity index (χ2n) is 5.90. The maximum absolute atomic E-state index is 13.6. The van der Waals surface area contributed by atoms with Crippen LogP contribution in [0.2, 0.25) is 0 Å². The summed E-state index contributed by atoms with van der Waals surface area (Å²) in [6, 6.07) is 14.5. The van der Waals surface area contributed by atoms with Crippen molar-refractivity contribution < 1.29 is 27.0 Å². The number of nitrogens with zero attached hydrogens (tertiary/aromatic N) is 1. The molecule has 0 radical (unpaired) electrons. The van der Waals surface area contributed by atoms with Crippen LogP contribution in [0, 0.1) is 23.3 Å². The maximum Gasteiger partial charge on any atom is 0.186 e. The Morgan fingerprint density at radius 3 is 2.24 bits per heavy atom. The van der Waals surface area contributed by atoms with Crippen LogP contribution in [0.1, 0.15) is 11.1 Å². The molecule has 1 N–H and O–H groups in total. The fourth-order valence-electron chi connectivity index (χ4n) is 2.46. The minimum atomic E-state index is -1.57. The molecule has 0 aliphatic rings. The smallest absolute Gasteiger partial charge is 0.186 e. The molecule has 3 aromatic carbocycles. The van der Waals surface area contributed by atoms with E-state index in [4.69, 9.17) is 9.47 Å². The first-order valence-corrected chi connectivity index (χ1v) is 8.46. The van der Waals surface area contributed by atoms with Gasteiger partial charge in [0, 0.05) is 6.07 Å². The van der Waals surface area contributed by atoms with Gasteiger partial charge < -0.3 is 9.47 Å². The predicted octanol–water partition coefficient (Wildman–Crippen LogP) is 5.28. The predicted molar refractivity (Wildman–Crippen MR) is 101 cm³/mol. The summed E-state index contributed by atoms with van der Waals surface area (Å²) in [5.74, 6) is -5.28. The normalized spacial score (nSPS) is 10.9. The van der Waals surface area contributed by atoms with Crippen LogP contribution in [0.25, 0.3) is 0 Å². The summed E-state index contributed by atoms with van der Waals surface area (Å²) in [5, 5.41) is 3.65. The van der Waals surface area contributed by atoms with Gasteiger partial charge in [0.2, 0.25) is 0 Å². The Kier molecular flexibility index (Phi) is 6.33. The Bertz CT molecular complexity index is 1000. The van der Waals surface area contributed by atoms with E-state index in [1.54, 1.807) is 18.2 Å². The van der Waals surface area contributed by atoms with Gasteiger partial charge in [-0.05, 0) is 29.3 Å². The number of nitrogens with one attached hydrogen (secondary N) is 1. The molecule has 0 atom stereocenters. The minimum absolute atomic E-state index is 0.124. The highest BCUT2D eigenvalue weighted by atomic mass is 19.2. The van der Waals surface area contributed by atoms with Crippen LogP contribution in [-0.4, -0.2) is 13.3 Å². The molecule has 0 fully saturated rings. The standard InChI is InChI=1S/C21H16F4N2O2/c1-28-17-8-7-14(9-18(17)29-12-13-5-3-2-4-6-13)11-26-27-21-19(24)15(22)10-16(23)20(21)25/h2-11,27H,12H2,1H3. The number of methoxy groups -OCH3 is 1. The van der Waals surface area contributed by atoms with E-state index in [9.17, 15) is 17.6 Å². The van der Waals surface area contributed by atoms with Crippen molar-refractivity contribution in [3.05, 3.63) is 89.0 Å². The number of rotatable bonds is 7. The van der Waals surface area contributed by atoms with Gasteiger partial charge >= 0.3 is 0 Å². The molecule has 0 amide bonds. The fourth-order valence-corrected chi connectivity index (χ4v) is 2.46. The number of hydrazone groups is 1. The van der Waals surface area contributed by atoms with E-state index < -0.39 is 29.0 Å². The molecule has 3 aromatic rings. The molecule has 0 aromatic heterocycles. The van der Waals surface area contributed by atoms with E-state index in [1.807, 2.05) is 35.8 Å². The third kappa shape index (κ3) is 4.84. The summed E-state index contributed by atoms with van der Waals surface area (Å²) in [4.78, 5) is 0. The third-order valence-corrected chi connectivity index (χ3v) is 3.93. The molecule has 0 bridgehead atoms. The summed E-state index contributed by atoms with van der Waals surface area (Å²) in [5.41, 5.74) is 2.42. The van der Waals surface area contributed by atoms with Gasteiger partial charge in [0.1, 0.15) is 12.3 Å². The highest BCUT2D eigenvalue weighted by Gasteiger charge is 2.18. The SMILES string of the molecule is COc1ccc(C=NNc2c(F)c(F)cc(F)c2F)cc1OCc1ccccc1. The minimum Gasteiger partial charge on any atom is -0.493 e. The first kappa shape index (κ1) is 20.2. The van der Waals surface area contributed by atoms with E-state index in [2.05, 4.69) is 5.10 Å². The monoisotopic (exact) mass is 404 g/mol. The van der Waals surface area contributed by atoms with Gasteiger partial charge in [0.05, 0.1) is 13.3 Å². The van der Waals surface area contributed by atoms with Crippen LogP contribution in [0.4, 0.5) is 23.2 Å². The van der Waals surface area contributed by atoms with Gasteiger partial charge in [-0.2, -0.15) is 5.10 Å². The van der Waals surface area contributed by atoms with Crippen molar-refractivity contribution in [3.8, 4) is 11.5 Å². The number of halogens is 4. The summed E-state index contributed by atoms with van der Waals surface area (Å²) in [7, 11) is 1.49. The van der Waals surface area contributed by atoms with Crippen LogP contribution in [0.3, 0.4) is 0 Å². The van der Waals surface area contributed by atoms with Crippen molar-refractivity contribution in [3.63, 3.8) is 0 Å². The topological polar surface area (TPSA) is 42.8 Å². The molecule has 29 heavy (non-hydrogen) atoms. The lowest BCUT2D eigenvalue weighted by atomic mass is 10.2. The lowest BCUT2D eigenvalue weighted by Gasteiger charge is -2.11. The van der Waals surface area contributed by atoms with Gasteiger partial charge in [-0.1, -0.05) is 30.3 Å². The van der Waals surface area contributed by atoms with Gasteiger partial charge in [-0.25, -0.2) is 17.6 Å². The second-order valence-corrected chi connectivity index (χ2v) is 5.90. The number of ether oxygens (including phenoxy) is 2. The first-order chi connectivity index (χ1) is 14.0. The zero-order valence-electron chi connectivity index (χ0n) is 15.3. The Labute approximate surface area is 164 Å². The first-order valence-electron chi connectivity index (χ1n) is 8.46. The molecule has 0 saturated heterocycles. The number of hydrogen-bond acceptors (Lipinski definition) is 4. The van der Waals surface area contributed by atoms with E-state index in [0.29, 0.717) is 23.7 Å². The Morgan fingerprint density at radius 2 is 1.59 bits per heavy atom. The second kappa shape index (κ2) is 9.09. The van der Waals surface area contributed by atoms with Crippen molar-refractivity contribution in [1.82, 2.24) is 0 Å². The number of hydrogen-bond donors (Lipinski definition) is 1. The van der Waals surface area contributed by atoms with Crippen LogP contribution in [0.15, 0.2) is 59.7 Å². The van der Waals surface area contributed by atoms with E-state index in [0.717, 1.165) is 5.56 Å². The number of anilines is 1. The lowest BCUT2D eigenvalue weighted by molar-refractivity contribution is 0.284. The van der Waals surface area contributed by atoms with Crippen molar-refractivity contribution in [2.24, 2.45) is 5.10 Å². The Morgan fingerprint density at radius 1 is 0.897 bits per heavy atom. The largest absolute Gasteiger partial charge is 0.493 e. The molecule has 0 spiro atoms. The maximum atomic E-state index is 13.6. The molecule has 0 aliphatic heterocycles. The molecular formula is C21H16F4N2O2. The average molecular weight is 404 g/mol.